The van der Waals surface area contributed by atoms with Crippen LogP contribution in [-0.4, -0.2) is 33.7 Å². The van der Waals surface area contributed by atoms with Crippen LogP contribution in [0.2, 0.25) is 0 Å². The minimum absolute atomic E-state index is 0.537. The number of aromatic nitrogens is 7. The van der Waals surface area contributed by atoms with Gasteiger partial charge in [-0.3, -0.25) is 9.36 Å². The van der Waals surface area contributed by atoms with E-state index in [2.05, 4.69) is 140 Å². The quantitative estimate of drug-likeness (QED) is 0.243. The van der Waals surface area contributed by atoms with Gasteiger partial charge in [0.1, 0.15) is 5.82 Å². The summed E-state index contributed by atoms with van der Waals surface area (Å²) in [6.45, 7) is 30.1. The van der Waals surface area contributed by atoms with Crippen LogP contribution in [0.25, 0.3) is 0 Å². The SMILES string of the molecule is CC(C)c1ccn(C)c1.Cc1c(C(C)C)nn(C)c1C.Cc1nc(C(C)C)c(C)n1C.Cc1nn(C)c(C)c1C(C)C. The molecule has 0 amide bonds. The van der Waals surface area contributed by atoms with Crippen molar-refractivity contribution in [3.63, 3.8) is 0 Å². The molecule has 0 aromatic carbocycles. The van der Waals surface area contributed by atoms with Crippen molar-refractivity contribution in [2.45, 2.75) is 121 Å². The van der Waals surface area contributed by atoms with Crippen molar-refractivity contribution in [1.82, 2.24) is 33.7 Å². The van der Waals surface area contributed by atoms with Crippen molar-refractivity contribution >= 4 is 0 Å². The van der Waals surface area contributed by atoms with Crippen LogP contribution in [0.5, 0.6) is 0 Å². The average molecular weight is 580 g/mol. The Balaban J connectivity index is 0.000000281. The molecular weight excluding hydrogens is 518 g/mol. The minimum Gasteiger partial charge on any atom is -0.357 e. The molecular formula is C35H61N7. The van der Waals surface area contributed by atoms with Gasteiger partial charge in [0, 0.05) is 57.7 Å². The van der Waals surface area contributed by atoms with E-state index in [4.69, 9.17) is 0 Å². The standard InChI is InChI=1S/3C9H16N2.C8H13N/c1-6(2)9-7(3)11(5)8(4)10-9;1-6(2)9-7(3)10-11(5)8(9)4;1-6(2)9-7(3)8(4)11(5)10-9;1-7(2)8-4-5-9(3)6-8/h3*6H,1-5H3;4-7H,1-3H3. The predicted molar refractivity (Wildman–Crippen MR) is 180 cm³/mol. The van der Waals surface area contributed by atoms with E-state index in [0.717, 1.165) is 5.82 Å². The summed E-state index contributed by atoms with van der Waals surface area (Å²) in [5.74, 6) is 3.42. The van der Waals surface area contributed by atoms with Gasteiger partial charge in [-0.05, 0) is 88.0 Å². The summed E-state index contributed by atoms with van der Waals surface area (Å²) in [5, 5.41) is 8.77. The second-order valence-electron chi connectivity index (χ2n) is 12.8. The molecule has 7 heteroatoms. The highest BCUT2D eigenvalue weighted by Gasteiger charge is 2.12. The second-order valence-corrected chi connectivity index (χ2v) is 12.8. The lowest BCUT2D eigenvalue weighted by Crippen LogP contribution is -1.95. The Morgan fingerprint density at radius 3 is 1.31 bits per heavy atom. The predicted octanol–water partition coefficient (Wildman–Crippen LogP) is 8.63. The molecule has 0 bridgehead atoms. The van der Waals surface area contributed by atoms with Gasteiger partial charge in [-0.25, -0.2) is 4.98 Å². The zero-order valence-corrected chi connectivity index (χ0v) is 30.2. The van der Waals surface area contributed by atoms with E-state index < -0.39 is 0 Å². The number of imidazole rings is 1. The first kappa shape index (κ1) is 36.9. The molecule has 4 aromatic heterocycles. The van der Waals surface area contributed by atoms with Gasteiger partial charge < -0.3 is 9.13 Å². The van der Waals surface area contributed by atoms with Gasteiger partial charge in [0.15, 0.2) is 0 Å². The highest BCUT2D eigenvalue weighted by atomic mass is 15.3. The Labute approximate surface area is 257 Å². The van der Waals surface area contributed by atoms with Gasteiger partial charge in [-0.2, -0.15) is 10.2 Å². The molecule has 0 radical (unpaired) electrons. The van der Waals surface area contributed by atoms with Crippen LogP contribution >= 0.6 is 0 Å². The number of aryl methyl sites for hydroxylation is 5. The summed E-state index contributed by atoms with van der Waals surface area (Å²) < 4.78 is 8.11. The topological polar surface area (TPSA) is 58.4 Å². The number of nitrogens with zero attached hydrogens (tertiary/aromatic N) is 7. The molecule has 7 nitrogen and oxygen atoms in total. The van der Waals surface area contributed by atoms with E-state index in [-0.39, 0.29) is 0 Å². The van der Waals surface area contributed by atoms with Gasteiger partial charge in [-0.15, -0.1) is 0 Å². The summed E-state index contributed by atoms with van der Waals surface area (Å²) in [6, 6.07) is 2.16. The first-order valence-electron chi connectivity index (χ1n) is 15.4. The Hall–Kier alpha value is -3.09. The van der Waals surface area contributed by atoms with Crippen molar-refractivity contribution in [1.29, 1.82) is 0 Å². The molecule has 0 spiro atoms. The van der Waals surface area contributed by atoms with E-state index >= 15 is 0 Å². The average Bonchev–Trinajstić information content (AvgIpc) is 3.59. The van der Waals surface area contributed by atoms with Crippen molar-refractivity contribution in [2.75, 3.05) is 0 Å². The molecule has 4 rings (SSSR count). The van der Waals surface area contributed by atoms with E-state index in [1.165, 1.54) is 50.9 Å². The Kier molecular flexibility index (Phi) is 14.0. The zero-order valence-electron chi connectivity index (χ0n) is 30.2. The molecule has 0 saturated heterocycles. The molecule has 0 aliphatic rings. The van der Waals surface area contributed by atoms with E-state index in [9.17, 15) is 0 Å². The molecule has 0 aliphatic carbocycles. The number of rotatable bonds is 4. The van der Waals surface area contributed by atoms with Gasteiger partial charge in [-0.1, -0.05) is 55.4 Å². The summed E-state index contributed by atoms with van der Waals surface area (Å²) in [5.41, 5.74) is 11.6. The van der Waals surface area contributed by atoms with Crippen LogP contribution < -0.4 is 0 Å². The first-order valence-corrected chi connectivity index (χ1v) is 15.4. The Morgan fingerprint density at radius 2 is 1.12 bits per heavy atom. The fraction of sp³-hybridized carbons (Fsp3) is 0.629. The summed E-state index contributed by atoms with van der Waals surface area (Å²) in [4.78, 5) is 4.47. The number of hydrogen-bond acceptors (Lipinski definition) is 3. The third-order valence-electron chi connectivity index (χ3n) is 8.07. The van der Waals surface area contributed by atoms with Crippen LogP contribution in [0, 0.1) is 41.5 Å². The lowest BCUT2D eigenvalue weighted by Gasteiger charge is -2.04. The summed E-state index contributed by atoms with van der Waals surface area (Å²) in [7, 11) is 8.10. The molecule has 0 fully saturated rings. The summed E-state index contributed by atoms with van der Waals surface area (Å²) in [6.07, 6.45) is 4.24. The van der Waals surface area contributed by atoms with Crippen molar-refractivity contribution < 1.29 is 0 Å². The van der Waals surface area contributed by atoms with Gasteiger partial charge in [0.25, 0.3) is 0 Å². The van der Waals surface area contributed by atoms with E-state index in [1.54, 1.807) is 0 Å². The van der Waals surface area contributed by atoms with Crippen LogP contribution in [0.15, 0.2) is 18.5 Å². The molecule has 0 unspecified atom stereocenters. The van der Waals surface area contributed by atoms with Crippen molar-refractivity contribution in [3.8, 4) is 0 Å². The molecule has 0 saturated carbocycles. The molecule has 4 aromatic rings. The zero-order chi connectivity index (χ0) is 32.6. The second kappa shape index (κ2) is 15.9. The molecule has 236 valence electrons. The molecule has 4 heterocycles. The fourth-order valence-electron chi connectivity index (χ4n) is 5.07. The summed E-state index contributed by atoms with van der Waals surface area (Å²) >= 11 is 0. The van der Waals surface area contributed by atoms with Crippen LogP contribution in [0.3, 0.4) is 0 Å². The van der Waals surface area contributed by atoms with Crippen molar-refractivity contribution in [2.24, 2.45) is 28.2 Å². The normalized spacial score (nSPS) is 11.0. The van der Waals surface area contributed by atoms with Crippen LogP contribution in [0.4, 0.5) is 0 Å². The maximum atomic E-state index is 4.47. The third-order valence-corrected chi connectivity index (χ3v) is 8.07. The molecule has 42 heavy (non-hydrogen) atoms. The fourth-order valence-corrected chi connectivity index (χ4v) is 5.07. The highest BCUT2D eigenvalue weighted by molar-refractivity contribution is 5.27. The number of hydrogen-bond donors (Lipinski definition) is 0. The first-order chi connectivity index (χ1) is 19.3. The van der Waals surface area contributed by atoms with Gasteiger partial charge >= 0.3 is 0 Å². The smallest absolute Gasteiger partial charge is 0.105 e. The van der Waals surface area contributed by atoms with Gasteiger partial charge in [0.2, 0.25) is 0 Å². The third kappa shape index (κ3) is 9.74. The minimum atomic E-state index is 0.537. The highest BCUT2D eigenvalue weighted by Crippen LogP contribution is 2.22. The Bertz CT molecular complexity index is 1330. The Morgan fingerprint density at radius 1 is 0.595 bits per heavy atom. The maximum Gasteiger partial charge on any atom is 0.105 e. The van der Waals surface area contributed by atoms with E-state index in [1.807, 2.05) is 37.4 Å². The van der Waals surface area contributed by atoms with Crippen molar-refractivity contribution in [3.05, 3.63) is 75.1 Å². The lowest BCUT2D eigenvalue weighted by atomic mass is 10.0. The van der Waals surface area contributed by atoms with Crippen LogP contribution in [-0.2, 0) is 28.2 Å². The maximum absolute atomic E-state index is 4.47. The molecule has 0 N–H and O–H groups in total. The molecule has 0 aliphatic heterocycles. The monoisotopic (exact) mass is 579 g/mol. The molecule has 0 atom stereocenters. The van der Waals surface area contributed by atoms with E-state index in [0.29, 0.717) is 23.7 Å². The van der Waals surface area contributed by atoms with Crippen LogP contribution in [0.1, 0.15) is 136 Å². The largest absolute Gasteiger partial charge is 0.357 e. The lowest BCUT2D eigenvalue weighted by molar-refractivity contribution is 0.698. The van der Waals surface area contributed by atoms with Gasteiger partial charge in [0.05, 0.1) is 17.1 Å².